The first-order valence-electron chi connectivity index (χ1n) is 9.51. The van der Waals surface area contributed by atoms with Crippen molar-refractivity contribution in [3.8, 4) is 11.5 Å². The smallest absolute Gasteiger partial charge is 0.254 e. The molecule has 1 fully saturated rings. The van der Waals surface area contributed by atoms with Crippen molar-refractivity contribution in [3.05, 3.63) is 59.9 Å². The molecular formula is C22H25FN2O4. The molecular weight excluding hydrogens is 375 g/mol. The maximum absolute atomic E-state index is 13.1. The van der Waals surface area contributed by atoms with Crippen LogP contribution in [-0.2, 0) is 4.79 Å². The Morgan fingerprint density at radius 1 is 1.17 bits per heavy atom. The number of nitrogens with two attached hydrogens (primary N) is 1. The van der Waals surface area contributed by atoms with Crippen molar-refractivity contribution < 1.29 is 23.5 Å². The standard InChI is InChI=1S/C22H25FN2O4/c1-28-19-5-2-4-16(12-19)21(27)25-11-3-10-22(14-25,13-20(24)26)15-29-18-8-6-17(23)7-9-18/h2,4-9,12H,3,10-11,13-15H2,1H3,(H2,24,26)/t22-/m1/s1. The molecule has 154 valence electrons. The second-order valence-corrected chi connectivity index (χ2v) is 7.45. The molecule has 6 nitrogen and oxygen atoms in total. The molecule has 1 saturated heterocycles. The van der Waals surface area contributed by atoms with E-state index in [-0.39, 0.29) is 24.8 Å². The summed E-state index contributed by atoms with van der Waals surface area (Å²) in [4.78, 5) is 26.5. The van der Waals surface area contributed by atoms with Gasteiger partial charge in [0, 0.05) is 30.5 Å². The van der Waals surface area contributed by atoms with Gasteiger partial charge in [-0.1, -0.05) is 6.07 Å². The summed E-state index contributed by atoms with van der Waals surface area (Å²) < 4.78 is 24.2. The number of primary amides is 1. The lowest BCUT2D eigenvalue weighted by Crippen LogP contribution is -2.50. The first-order chi connectivity index (χ1) is 13.9. The summed E-state index contributed by atoms with van der Waals surface area (Å²) >= 11 is 0. The Morgan fingerprint density at radius 3 is 2.62 bits per heavy atom. The molecule has 3 rings (SSSR count). The molecule has 0 unspecified atom stereocenters. The number of methoxy groups -OCH3 is 1. The van der Waals surface area contributed by atoms with Crippen molar-refractivity contribution in [3.63, 3.8) is 0 Å². The van der Waals surface area contributed by atoms with Crippen LogP contribution in [0.25, 0.3) is 0 Å². The number of piperidine rings is 1. The Hall–Kier alpha value is -3.09. The van der Waals surface area contributed by atoms with Crippen molar-refractivity contribution in [1.29, 1.82) is 0 Å². The second kappa shape index (κ2) is 8.94. The predicted octanol–water partition coefficient (Wildman–Crippen LogP) is 3.01. The molecule has 2 aromatic carbocycles. The Kier molecular flexibility index (Phi) is 6.36. The van der Waals surface area contributed by atoms with E-state index in [4.69, 9.17) is 15.2 Å². The van der Waals surface area contributed by atoms with E-state index >= 15 is 0 Å². The van der Waals surface area contributed by atoms with Gasteiger partial charge in [0.15, 0.2) is 0 Å². The van der Waals surface area contributed by atoms with E-state index in [1.807, 2.05) is 0 Å². The van der Waals surface area contributed by atoms with Crippen LogP contribution in [0.15, 0.2) is 48.5 Å². The van der Waals surface area contributed by atoms with Gasteiger partial charge in [0.05, 0.1) is 13.7 Å². The average molecular weight is 400 g/mol. The lowest BCUT2D eigenvalue weighted by molar-refractivity contribution is -0.122. The Morgan fingerprint density at radius 2 is 1.93 bits per heavy atom. The Labute approximate surface area is 169 Å². The van der Waals surface area contributed by atoms with Gasteiger partial charge in [-0.05, 0) is 55.3 Å². The zero-order chi connectivity index (χ0) is 20.9. The summed E-state index contributed by atoms with van der Waals surface area (Å²) in [6.07, 6.45) is 1.55. The van der Waals surface area contributed by atoms with Crippen LogP contribution in [0.4, 0.5) is 4.39 Å². The number of ether oxygens (including phenoxy) is 2. The van der Waals surface area contributed by atoms with Crippen molar-refractivity contribution in [2.75, 3.05) is 26.8 Å². The molecule has 2 aromatic rings. The van der Waals surface area contributed by atoms with Crippen LogP contribution < -0.4 is 15.2 Å². The Balaban J connectivity index is 1.76. The van der Waals surface area contributed by atoms with Crippen LogP contribution in [-0.4, -0.2) is 43.5 Å². The monoisotopic (exact) mass is 400 g/mol. The number of likely N-dealkylation sites (tertiary alicyclic amines) is 1. The lowest BCUT2D eigenvalue weighted by Gasteiger charge is -2.42. The molecule has 0 saturated carbocycles. The number of carbonyl (C=O) groups excluding carboxylic acids is 2. The van der Waals surface area contributed by atoms with E-state index in [1.54, 1.807) is 36.3 Å². The minimum atomic E-state index is -0.590. The highest BCUT2D eigenvalue weighted by atomic mass is 19.1. The van der Waals surface area contributed by atoms with Gasteiger partial charge in [-0.25, -0.2) is 4.39 Å². The summed E-state index contributed by atoms with van der Waals surface area (Å²) in [7, 11) is 1.55. The van der Waals surface area contributed by atoms with Crippen LogP contribution in [0, 0.1) is 11.2 Å². The van der Waals surface area contributed by atoms with E-state index in [9.17, 15) is 14.0 Å². The molecule has 0 aromatic heterocycles. The summed E-state index contributed by atoms with van der Waals surface area (Å²) in [5.41, 5.74) is 5.44. The van der Waals surface area contributed by atoms with E-state index in [0.717, 1.165) is 6.42 Å². The molecule has 2 N–H and O–H groups in total. The third-order valence-corrected chi connectivity index (χ3v) is 5.17. The quantitative estimate of drug-likeness (QED) is 0.775. The average Bonchev–Trinajstić information content (AvgIpc) is 2.72. The number of hydrogen-bond donors (Lipinski definition) is 1. The molecule has 0 radical (unpaired) electrons. The maximum atomic E-state index is 13.1. The van der Waals surface area contributed by atoms with E-state index in [1.165, 1.54) is 24.3 Å². The summed E-state index contributed by atoms with van der Waals surface area (Å²) in [5, 5.41) is 0. The molecule has 29 heavy (non-hydrogen) atoms. The van der Waals surface area contributed by atoms with Gasteiger partial charge in [-0.3, -0.25) is 9.59 Å². The maximum Gasteiger partial charge on any atom is 0.254 e. The molecule has 0 aliphatic carbocycles. The van der Waals surface area contributed by atoms with Crippen molar-refractivity contribution in [2.24, 2.45) is 11.1 Å². The van der Waals surface area contributed by atoms with E-state index in [2.05, 4.69) is 0 Å². The number of nitrogens with zero attached hydrogens (tertiary/aromatic N) is 1. The predicted molar refractivity (Wildman–Crippen MR) is 106 cm³/mol. The number of halogens is 1. The molecule has 7 heteroatoms. The molecule has 1 heterocycles. The second-order valence-electron chi connectivity index (χ2n) is 7.45. The highest BCUT2D eigenvalue weighted by molar-refractivity contribution is 5.94. The lowest BCUT2D eigenvalue weighted by atomic mass is 9.77. The third-order valence-electron chi connectivity index (χ3n) is 5.17. The van der Waals surface area contributed by atoms with Gasteiger partial charge >= 0.3 is 0 Å². The summed E-state index contributed by atoms with van der Waals surface area (Å²) in [6.45, 7) is 1.16. The first-order valence-corrected chi connectivity index (χ1v) is 9.51. The van der Waals surface area contributed by atoms with E-state index in [0.29, 0.717) is 36.6 Å². The Bertz CT molecular complexity index is 871. The SMILES string of the molecule is COc1cccc(C(=O)N2CCC[C@@](COc3ccc(F)cc3)(CC(N)=O)C2)c1. The van der Waals surface area contributed by atoms with Gasteiger partial charge in [0.2, 0.25) is 5.91 Å². The van der Waals surface area contributed by atoms with Gasteiger partial charge in [-0.2, -0.15) is 0 Å². The molecule has 1 aliphatic heterocycles. The number of carbonyl (C=O) groups is 2. The zero-order valence-corrected chi connectivity index (χ0v) is 16.4. The van der Waals surface area contributed by atoms with Gasteiger partial charge in [-0.15, -0.1) is 0 Å². The number of rotatable bonds is 7. The molecule has 1 aliphatic rings. The van der Waals surface area contributed by atoms with Crippen LogP contribution in [0.1, 0.15) is 29.6 Å². The van der Waals surface area contributed by atoms with E-state index < -0.39 is 11.3 Å². The minimum Gasteiger partial charge on any atom is -0.497 e. The number of amides is 2. The van der Waals surface area contributed by atoms with Crippen LogP contribution in [0.3, 0.4) is 0 Å². The fourth-order valence-electron chi connectivity index (χ4n) is 3.77. The van der Waals surface area contributed by atoms with Crippen LogP contribution >= 0.6 is 0 Å². The third kappa shape index (κ3) is 5.25. The fourth-order valence-corrected chi connectivity index (χ4v) is 3.77. The van der Waals surface area contributed by atoms with Crippen LogP contribution in [0.5, 0.6) is 11.5 Å². The highest BCUT2D eigenvalue weighted by Gasteiger charge is 2.39. The molecule has 0 spiro atoms. The van der Waals surface area contributed by atoms with Crippen LogP contribution in [0.2, 0.25) is 0 Å². The summed E-state index contributed by atoms with van der Waals surface area (Å²) in [6, 6.07) is 12.7. The topological polar surface area (TPSA) is 81.9 Å². The number of hydrogen-bond acceptors (Lipinski definition) is 4. The van der Waals surface area contributed by atoms with Crippen molar-refractivity contribution in [1.82, 2.24) is 4.90 Å². The molecule has 1 atom stereocenters. The first kappa shape index (κ1) is 20.6. The van der Waals surface area contributed by atoms with Crippen molar-refractivity contribution >= 4 is 11.8 Å². The fraction of sp³-hybridized carbons (Fsp3) is 0.364. The normalized spacial score (nSPS) is 18.9. The highest BCUT2D eigenvalue weighted by Crippen LogP contribution is 2.35. The van der Waals surface area contributed by atoms with Gasteiger partial charge in [0.25, 0.3) is 5.91 Å². The summed E-state index contributed by atoms with van der Waals surface area (Å²) in [5.74, 6) is 0.196. The molecule has 0 bridgehead atoms. The van der Waals surface area contributed by atoms with Gasteiger partial charge < -0.3 is 20.1 Å². The molecule has 2 amide bonds. The number of benzene rings is 2. The minimum absolute atomic E-state index is 0.107. The van der Waals surface area contributed by atoms with Crippen molar-refractivity contribution in [2.45, 2.75) is 19.3 Å². The zero-order valence-electron chi connectivity index (χ0n) is 16.4. The largest absolute Gasteiger partial charge is 0.497 e. The van der Waals surface area contributed by atoms with Gasteiger partial charge in [0.1, 0.15) is 17.3 Å².